The molecule has 1 amide bonds. The quantitative estimate of drug-likeness (QED) is 0.869. The molecule has 19 heavy (non-hydrogen) atoms. The Balaban J connectivity index is 2.07. The standard InChI is InChI=1S/C14H22N2O2S/c1-3-5-10(11-6-4-7-19-11)16-13(17)14(2)9-18-8-12(14)15/h4,6-7,10,12H,3,5,8-9,15H2,1-2H3,(H,16,17). The minimum atomic E-state index is -0.608. The van der Waals surface area contributed by atoms with Gasteiger partial charge >= 0.3 is 0 Å². The second kappa shape index (κ2) is 6.03. The summed E-state index contributed by atoms with van der Waals surface area (Å²) < 4.78 is 5.34. The lowest BCUT2D eigenvalue weighted by atomic mass is 9.84. The Morgan fingerprint density at radius 3 is 3.05 bits per heavy atom. The molecule has 2 heterocycles. The van der Waals surface area contributed by atoms with Gasteiger partial charge in [0.2, 0.25) is 5.91 Å². The van der Waals surface area contributed by atoms with Gasteiger partial charge in [-0.15, -0.1) is 11.3 Å². The van der Waals surface area contributed by atoms with E-state index in [0.717, 1.165) is 12.8 Å². The van der Waals surface area contributed by atoms with E-state index >= 15 is 0 Å². The predicted octanol–water partition coefficient (Wildman–Crippen LogP) is 2.07. The van der Waals surface area contributed by atoms with E-state index in [1.807, 2.05) is 18.4 Å². The summed E-state index contributed by atoms with van der Waals surface area (Å²) in [6.45, 7) is 4.88. The first-order valence-corrected chi connectivity index (χ1v) is 7.63. The molecule has 0 aromatic carbocycles. The number of hydrogen-bond acceptors (Lipinski definition) is 4. The molecule has 1 fully saturated rings. The Labute approximate surface area is 118 Å². The smallest absolute Gasteiger partial charge is 0.230 e. The Bertz CT molecular complexity index is 421. The number of rotatable bonds is 5. The summed E-state index contributed by atoms with van der Waals surface area (Å²) in [5.74, 6) is 0.00403. The van der Waals surface area contributed by atoms with Crippen molar-refractivity contribution in [2.24, 2.45) is 11.1 Å². The van der Waals surface area contributed by atoms with Gasteiger partial charge in [0.05, 0.1) is 24.7 Å². The van der Waals surface area contributed by atoms with Crippen LogP contribution in [-0.2, 0) is 9.53 Å². The summed E-state index contributed by atoms with van der Waals surface area (Å²) in [7, 11) is 0. The van der Waals surface area contributed by atoms with Gasteiger partial charge in [-0.1, -0.05) is 19.4 Å². The highest BCUT2D eigenvalue weighted by Crippen LogP contribution is 2.30. The molecule has 0 spiro atoms. The van der Waals surface area contributed by atoms with Gasteiger partial charge in [-0.05, 0) is 24.8 Å². The first-order chi connectivity index (χ1) is 9.08. The largest absolute Gasteiger partial charge is 0.379 e. The van der Waals surface area contributed by atoms with Crippen LogP contribution >= 0.6 is 11.3 Å². The molecule has 3 N–H and O–H groups in total. The van der Waals surface area contributed by atoms with Crippen molar-refractivity contribution in [3.8, 4) is 0 Å². The Morgan fingerprint density at radius 1 is 1.74 bits per heavy atom. The number of ether oxygens (including phenoxy) is 1. The zero-order valence-electron chi connectivity index (χ0n) is 11.5. The molecule has 0 saturated carbocycles. The van der Waals surface area contributed by atoms with Gasteiger partial charge < -0.3 is 15.8 Å². The average molecular weight is 282 g/mol. The topological polar surface area (TPSA) is 64.3 Å². The second-order valence-corrected chi connectivity index (χ2v) is 6.35. The summed E-state index contributed by atoms with van der Waals surface area (Å²) in [5, 5.41) is 5.18. The zero-order valence-corrected chi connectivity index (χ0v) is 12.3. The molecule has 1 aromatic rings. The Hall–Kier alpha value is -0.910. The van der Waals surface area contributed by atoms with Crippen LogP contribution in [0.15, 0.2) is 17.5 Å². The van der Waals surface area contributed by atoms with Gasteiger partial charge in [-0.25, -0.2) is 0 Å². The van der Waals surface area contributed by atoms with Crippen LogP contribution in [0.5, 0.6) is 0 Å². The molecule has 4 nitrogen and oxygen atoms in total. The minimum Gasteiger partial charge on any atom is -0.379 e. The van der Waals surface area contributed by atoms with Crippen LogP contribution in [0.2, 0.25) is 0 Å². The van der Waals surface area contributed by atoms with Crippen LogP contribution in [-0.4, -0.2) is 25.2 Å². The lowest BCUT2D eigenvalue weighted by Crippen LogP contribution is -2.50. The van der Waals surface area contributed by atoms with Crippen molar-refractivity contribution in [1.82, 2.24) is 5.32 Å². The molecule has 5 heteroatoms. The molecule has 1 aliphatic heterocycles. The highest BCUT2D eigenvalue weighted by Gasteiger charge is 2.44. The predicted molar refractivity (Wildman–Crippen MR) is 77.0 cm³/mol. The molecule has 0 radical (unpaired) electrons. The van der Waals surface area contributed by atoms with E-state index in [9.17, 15) is 4.79 Å². The number of amides is 1. The number of nitrogens with two attached hydrogens (primary N) is 1. The molecule has 3 unspecified atom stereocenters. The fourth-order valence-electron chi connectivity index (χ4n) is 2.31. The fourth-order valence-corrected chi connectivity index (χ4v) is 3.12. The van der Waals surface area contributed by atoms with Crippen molar-refractivity contribution >= 4 is 17.2 Å². The highest BCUT2D eigenvalue weighted by molar-refractivity contribution is 7.10. The van der Waals surface area contributed by atoms with Crippen molar-refractivity contribution in [1.29, 1.82) is 0 Å². The van der Waals surface area contributed by atoms with Crippen LogP contribution < -0.4 is 11.1 Å². The van der Waals surface area contributed by atoms with Gasteiger partial charge in [-0.3, -0.25) is 4.79 Å². The van der Waals surface area contributed by atoms with Crippen molar-refractivity contribution < 1.29 is 9.53 Å². The van der Waals surface area contributed by atoms with Crippen LogP contribution in [0.25, 0.3) is 0 Å². The van der Waals surface area contributed by atoms with Crippen LogP contribution in [0.1, 0.15) is 37.6 Å². The fraction of sp³-hybridized carbons (Fsp3) is 0.643. The molecule has 0 aliphatic carbocycles. The summed E-state index contributed by atoms with van der Waals surface area (Å²) in [6.07, 6.45) is 1.97. The zero-order chi connectivity index (χ0) is 13.9. The van der Waals surface area contributed by atoms with E-state index in [0.29, 0.717) is 13.2 Å². The number of carbonyl (C=O) groups excluding carboxylic acids is 1. The average Bonchev–Trinajstić information content (AvgIpc) is 3.01. The van der Waals surface area contributed by atoms with Gasteiger partial charge in [0.1, 0.15) is 0 Å². The summed E-state index contributed by atoms with van der Waals surface area (Å²) >= 11 is 1.68. The first kappa shape index (κ1) is 14.5. The molecule has 2 rings (SSSR count). The third-order valence-corrected chi connectivity index (χ3v) is 4.79. The monoisotopic (exact) mass is 282 g/mol. The lowest BCUT2D eigenvalue weighted by Gasteiger charge is -2.28. The van der Waals surface area contributed by atoms with E-state index < -0.39 is 5.41 Å². The number of thiophene rings is 1. The molecular weight excluding hydrogens is 260 g/mol. The summed E-state index contributed by atoms with van der Waals surface area (Å²) in [5.41, 5.74) is 5.39. The normalized spacial score (nSPS) is 28.3. The number of hydrogen-bond donors (Lipinski definition) is 2. The van der Waals surface area contributed by atoms with Crippen LogP contribution in [0.4, 0.5) is 0 Å². The van der Waals surface area contributed by atoms with Crippen molar-refractivity contribution in [2.45, 2.75) is 38.8 Å². The van der Waals surface area contributed by atoms with E-state index in [2.05, 4.69) is 18.3 Å². The number of carbonyl (C=O) groups is 1. The molecule has 3 atom stereocenters. The first-order valence-electron chi connectivity index (χ1n) is 6.75. The van der Waals surface area contributed by atoms with Gasteiger partial charge in [0.25, 0.3) is 0 Å². The minimum absolute atomic E-state index is 0.00403. The molecule has 1 aromatic heterocycles. The molecule has 1 saturated heterocycles. The molecule has 1 aliphatic rings. The lowest BCUT2D eigenvalue weighted by molar-refractivity contribution is -0.131. The van der Waals surface area contributed by atoms with Gasteiger partial charge in [0.15, 0.2) is 0 Å². The maximum Gasteiger partial charge on any atom is 0.230 e. The van der Waals surface area contributed by atoms with Crippen LogP contribution in [0.3, 0.4) is 0 Å². The van der Waals surface area contributed by atoms with Crippen LogP contribution in [0, 0.1) is 5.41 Å². The Morgan fingerprint density at radius 2 is 2.53 bits per heavy atom. The third-order valence-electron chi connectivity index (χ3n) is 3.81. The maximum absolute atomic E-state index is 12.5. The van der Waals surface area contributed by atoms with Crippen molar-refractivity contribution in [3.63, 3.8) is 0 Å². The number of nitrogens with one attached hydrogen (secondary N) is 1. The highest BCUT2D eigenvalue weighted by atomic mass is 32.1. The van der Waals surface area contributed by atoms with E-state index in [-0.39, 0.29) is 18.0 Å². The second-order valence-electron chi connectivity index (χ2n) is 5.37. The van der Waals surface area contributed by atoms with Gasteiger partial charge in [-0.2, -0.15) is 0 Å². The third kappa shape index (κ3) is 2.99. The molecule has 0 bridgehead atoms. The van der Waals surface area contributed by atoms with Gasteiger partial charge in [0, 0.05) is 10.9 Å². The molecule has 106 valence electrons. The molecular formula is C14H22N2O2S. The van der Waals surface area contributed by atoms with Crippen molar-refractivity contribution in [2.75, 3.05) is 13.2 Å². The maximum atomic E-state index is 12.5. The van der Waals surface area contributed by atoms with Crippen molar-refractivity contribution in [3.05, 3.63) is 22.4 Å². The van der Waals surface area contributed by atoms with E-state index in [1.54, 1.807) is 11.3 Å². The Kier molecular flexibility index (Phi) is 4.60. The summed E-state index contributed by atoms with van der Waals surface area (Å²) in [6, 6.07) is 3.94. The van der Waals surface area contributed by atoms with E-state index in [4.69, 9.17) is 10.5 Å². The summed E-state index contributed by atoms with van der Waals surface area (Å²) in [4.78, 5) is 13.7. The SMILES string of the molecule is CCCC(NC(=O)C1(C)COCC1N)c1cccs1. The van der Waals surface area contributed by atoms with E-state index in [1.165, 1.54) is 4.88 Å².